The summed E-state index contributed by atoms with van der Waals surface area (Å²) in [6.07, 6.45) is 0.0973. The van der Waals surface area contributed by atoms with E-state index in [1.54, 1.807) is 0 Å². The molecule has 0 saturated heterocycles. The lowest BCUT2D eigenvalue weighted by Gasteiger charge is -2.19. The van der Waals surface area contributed by atoms with Gasteiger partial charge in [-0.1, -0.05) is 30.0 Å². The third kappa shape index (κ3) is 6.26. The number of carbonyl (C=O) groups excluding carboxylic acids is 1. The van der Waals surface area contributed by atoms with Crippen molar-refractivity contribution in [2.24, 2.45) is 0 Å². The number of hydrogen-bond donors (Lipinski definition) is 2. The average Bonchev–Trinajstić information content (AvgIpc) is 2.34. The van der Waals surface area contributed by atoms with E-state index in [0.717, 1.165) is 11.1 Å². The van der Waals surface area contributed by atoms with E-state index in [4.69, 9.17) is 9.84 Å². The molecular formula is C16H21NO3. The summed E-state index contributed by atoms with van der Waals surface area (Å²) in [4.78, 5) is 11.4. The topological polar surface area (TPSA) is 58.6 Å². The number of rotatable bonds is 3. The lowest BCUT2D eigenvalue weighted by molar-refractivity contribution is 0.0535. The average molecular weight is 275 g/mol. The van der Waals surface area contributed by atoms with E-state index in [9.17, 15) is 4.79 Å². The van der Waals surface area contributed by atoms with Gasteiger partial charge in [0.15, 0.2) is 0 Å². The van der Waals surface area contributed by atoms with Gasteiger partial charge in [-0.25, -0.2) is 4.79 Å². The van der Waals surface area contributed by atoms with E-state index in [1.165, 1.54) is 0 Å². The Morgan fingerprint density at radius 3 is 2.70 bits per heavy atom. The molecule has 0 spiro atoms. The molecule has 1 rings (SSSR count). The van der Waals surface area contributed by atoms with Crippen LogP contribution in [0.1, 0.15) is 31.9 Å². The zero-order chi connectivity index (χ0) is 15.0. The Labute approximate surface area is 120 Å². The van der Waals surface area contributed by atoms with E-state index in [-0.39, 0.29) is 13.2 Å². The number of aliphatic hydroxyl groups excluding tert-OH is 1. The second-order valence-electron chi connectivity index (χ2n) is 5.29. The van der Waals surface area contributed by atoms with E-state index in [1.807, 2.05) is 45.0 Å². The van der Waals surface area contributed by atoms with Crippen molar-refractivity contribution in [1.29, 1.82) is 0 Å². The van der Waals surface area contributed by atoms with Crippen LogP contribution in [0.3, 0.4) is 0 Å². The summed E-state index contributed by atoms with van der Waals surface area (Å²) < 4.78 is 5.10. The molecule has 0 fully saturated rings. The van der Waals surface area contributed by atoms with Gasteiger partial charge in [0, 0.05) is 12.2 Å². The zero-order valence-corrected chi connectivity index (χ0v) is 12.2. The number of nitrogens with one attached hydrogen (secondary N) is 1. The fourth-order valence-corrected chi connectivity index (χ4v) is 1.55. The van der Waals surface area contributed by atoms with Crippen LogP contribution in [0.5, 0.6) is 0 Å². The number of ether oxygens (including phenoxy) is 1. The third-order valence-corrected chi connectivity index (χ3v) is 2.34. The molecular weight excluding hydrogens is 254 g/mol. The van der Waals surface area contributed by atoms with Crippen molar-refractivity contribution < 1.29 is 14.6 Å². The lowest BCUT2D eigenvalue weighted by atomic mass is 10.1. The highest BCUT2D eigenvalue weighted by atomic mass is 16.6. The van der Waals surface area contributed by atoms with Gasteiger partial charge in [0.25, 0.3) is 0 Å². The second kappa shape index (κ2) is 7.56. The molecule has 0 saturated carbocycles. The molecule has 0 aromatic heterocycles. The van der Waals surface area contributed by atoms with Crippen molar-refractivity contribution in [3.63, 3.8) is 0 Å². The minimum Gasteiger partial charge on any atom is -0.444 e. The second-order valence-corrected chi connectivity index (χ2v) is 5.29. The third-order valence-electron chi connectivity index (χ3n) is 2.34. The van der Waals surface area contributed by atoms with E-state index in [2.05, 4.69) is 17.2 Å². The first-order valence-electron chi connectivity index (χ1n) is 6.57. The van der Waals surface area contributed by atoms with Gasteiger partial charge in [-0.05, 0) is 38.8 Å². The molecule has 0 radical (unpaired) electrons. The Balaban J connectivity index is 2.53. The predicted molar refractivity (Wildman–Crippen MR) is 78.3 cm³/mol. The first kappa shape index (κ1) is 16.1. The molecule has 0 aliphatic carbocycles. The standard InChI is InChI=1S/C16H21NO3/c1-16(2,3)20-15(19)17-11-6-9-13-7-4-5-8-14(13)10-12-18/h4-5,7-8,18H,10-12H2,1-3H3,(H,17,19). The smallest absolute Gasteiger partial charge is 0.408 e. The maximum Gasteiger partial charge on any atom is 0.408 e. The molecule has 0 atom stereocenters. The van der Waals surface area contributed by atoms with Gasteiger partial charge >= 0.3 is 6.09 Å². The maximum atomic E-state index is 11.4. The monoisotopic (exact) mass is 275 g/mol. The molecule has 1 amide bonds. The normalized spacial score (nSPS) is 10.4. The summed E-state index contributed by atoms with van der Waals surface area (Å²) in [6.45, 7) is 5.74. The molecule has 4 heteroatoms. The number of aliphatic hydroxyl groups is 1. The highest BCUT2D eigenvalue weighted by Crippen LogP contribution is 2.08. The van der Waals surface area contributed by atoms with Crippen LogP contribution in [0.2, 0.25) is 0 Å². The maximum absolute atomic E-state index is 11.4. The van der Waals surface area contributed by atoms with Gasteiger partial charge in [0.2, 0.25) is 0 Å². The van der Waals surface area contributed by atoms with Gasteiger partial charge < -0.3 is 15.2 Å². The zero-order valence-electron chi connectivity index (χ0n) is 12.2. The fraction of sp³-hybridized carbons (Fsp3) is 0.438. The SMILES string of the molecule is CC(C)(C)OC(=O)NCC#Cc1ccccc1CCO. The Bertz CT molecular complexity index is 506. The van der Waals surface area contributed by atoms with Gasteiger partial charge in [-0.2, -0.15) is 0 Å². The molecule has 1 aromatic carbocycles. The molecule has 0 heterocycles. The fourth-order valence-electron chi connectivity index (χ4n) is 1.55. The molecule has 1 aromatic rings. The number of amides is 1. The quantitative estimate of drug-likeness (QED) is 0.831. The first-order chi connectivity index (χ1) is 9.42. The summed E-state index contributed by atoms with van der Waals surface area (Å²) in [7, 11) is 0. The Kier molecular flexibility index (Phi) is 6.08. The largest absolute Gasteiger partial charge is 0.444 e. The highest BCUT2D eigenvalue weighted by molar-refractivity contribution is 5.68. The summed E-state index contributed by atoms with van der Waals surface area (Å²) >= 11 is 0. The molecule has 20 heavy (non-hydrogen) atoms. The Morgan fingerprint density at radius 2 is 2.05 bits per heavy atom. The van der Waals surface area contributed by atoms with Gasteiger partial charge in [0.1, 0.15) is 5.60 Å². The lowest BCUT2D eigenvalue weighted by Crippen LogP contribution is -2.32. The molecule has 0 aliphatic rings. The number of benzene rings is 1. The van der Waals surface area contributed by atoms with Crippen molar-refractivity contribution in [3.05, 3.63) is 35.4 Å². The predicted octanol–water partition coefficient (Wildman–Crippen LogP) is 2.10. The van der Waals surface area contributed by atoms with Crippen molar-refractivity contribution in [2.45, 2.75) is 32.8 Å². The minimum atomic E-state index is -0.509. The summed E-state index contributed by atoms with van der Waals surface area (Å²) in [5, 5.41) is 11.6. The van der Waals surface area contributed by atoms with Crippen LogP contribution in [0.15, 0.2) is 24.3 Å². The number of carbonyl (C=O) groups is 1. The molecule has 108 valence electrons. The van der Waals surface area contributed by atoms with E-state index < -0.39 is 11.7 Å². The van der Waals surface area contributed by atoms with Gasteiger partial charge in [-0.15, -0.1) is 0 Å². The van der Waals surface area contributed by atoms with Crippen LogP contribution in [0, 0.1) is 11.8 Å². The van der Waals surface area contributed by atoms with Crippen molar-refractivity contribution in [2.75, 3.05) is 13.2 Å². The van der Waals surface area contributed by atoms with Crippen LogP contribution < -0.4 is 5.32 Å². The van der Waals surface area contributed by atoms with Crippen molar-refractivity contribution in [3.8, 4) is 11.8 Å². The van der Waals surface area contributed by atoms with Crippen molar-refractivity contribution in [1.82, 2.24) is 5.32 Å². The van der Waals surface area contributed by atoms with Crippen LogP contribution in [-0.2, 0) is 11.2 Å². The molecule has 0 bridgehead atoms. The minimum absolute atomic E-state index is 0.0921. The summed E-state index contributed by atoms with van der Waals surface area (Å²) in [5.41, 5.74) is 1.36. The van der Waals surface area contributed by atoms with E-state index >= 15 is 0 Å². The van der Waals surface area contributed by atoms with E-state index in [0.29, 0.717) is 6.42 Å². The van der Waals surface area contributed by atoms with Gasteiger partial charge in [0.05, 0.1) is 6.54 Å². The van der Waals surface area contributed by atoms with Crippen LogP contribution in [0.4, 0.5) is 4.79 Å². The van der Waals surface area contributed by atoms with Gasteiger partial charge in [-0.3, -0.25) is 0 Å². The number of hydrogen-bond acceptors (Lipinski definition) is 3. The molecule has 0 aliphatic heterocycles. The molecule has 0 unspecified atom stereocenters. The van der Waals surface area contributed by atoms with Crippen LogP contribution in [0.25, 0.3) is 0 Å². The first-order valence-corrected chi connectivity index (χ1v) is 6.57. The molecule has 4 nitrogen and oxygen atoms in total. The van der Waals surface area contributed by atoms with Crippen LogP contribution in [-0.4, -0.2) is 30.0 Å². The van der Waals surface area contributed by atoms with Crippen LogP contribution >= 0.6 is 0 Å². The Hall–Kier alpha value is -1.99. The summed E-state index contributed by atoms with van der Waals surface area (Å²) in [5.74, 6) is 5.86. The summed E-state index contributed by atoms with van der Waals surface area (Å²) in [6, 6.07) is 7.63. The Morgan fingerprint density at radius 1 is 1.35 bits per heavy atom. The highest BCUT2D eigenvalue weighted by Gasteiger charge is 2.14. The number of alkyl carbamates (subject to hydrolysis) is 1. The van der Waals surface area contributed by atoms with Crippen molar-refractivity contribution >= 4 is 6.09 Å². The molecule has 2 N–H and O–H groups in total.